The minimum Gasteiger partial charge on any atom is -0.494 e. The van der Waals surface area contributed by atoms with E-state index in [4.69, 9.17) is 10.00 Å². The van der Waals surface area contributed by atoms with E-state index >= 15 is 0 Å². The van der Waals surface area contributed by atoms with Crippen molar-refractivity contribution < 1.29 is 9.53 Å². The van der Waals surface area contributed by atoms with Gasteiger partial charge in [0, 0.05) is 17.6 Å². The molecule has 0 radical (unpaired) electrons. The minimum absolute atomic E-state index is 0.0114. The van der Waals surface area contributed by atoms with Gasteiger partial charge in [-0.15, -0.1) is 0 Å². The number of para-hydroxylation sites is 1. The highest BCUT2D eigenvalue weighted by Crippen LogP contribution is 2.16. The number of benzene rings is 2. The summed E-state index contributed by atoms with van der Waals surface area (Å²) < 4.78 is 5.35. The highest BCUT2D eigenvalue weighted by atomic mass is 16.5. The van der Waals surface area contributed by atoms with Gasteiger partial charge in [0.2, 0.25) is 0 Å². The van der Waals surface area contributed by atoms with Crippen LogP contribution in [0.2, 0.25) is 0 Å². The molecule has 0 atom stereocenters. The minimum atomic E-state index is -0.461. The first-order valence-electron chi connectivity index (χ1n) is 7.19. The number of ether oxygens (including phenoxy) is 1. The lowest BCUT2D eigenvalue weighted by Crippen LogP contribution is -2.14. The van der Waals surface area contributed by atoms with Gasteiger partial charge in [0.05, 0.1) is 6.61 Å². The number of hydrogen-bond donors (Lipinski definition) is 2. The van der Waals surface area contributed by atoms with Crippen molar-refractivity contribution in [1.82, 2.24) is 0 Å². The summed E-state index contributed by atoms with van der Waals surface area (Å²) in [5.41, 5.74) is 1.39. The average molecular weight is 307 g/mol. The molecular formula is C18H17N3O2. The normalized spacial score (nSPS) is 10.5. The Hall–Kier alpha value is -3.26. The molecule has 116 valence electrons. The fourth-order valence-electron chi connectivity index (χ4n) is 1.84. The Morgan fingerprint density at radius 1 is 1.13 bits per heavy atom. The van der Waals surface area contributed by atoms with Crippen molar-refractivity contribution in [2.45, 2.75) is 6.92 Å². The number of carbonyl (C=O) groups is 1. The third-order valence-corrected chi connectivity index (χ3v) is 2.95. The van der Waals surface area contributed by atoms with Crippen molar-refractivity contribution in [2.75, 3.05) is 17.2 Å². The first-order valence-corrected chi connectivity index (χ1v) is 7.19. The van der Waals surface area contributed by atoms with Crippen LogP contribution in [0.3, 0.4) is 0 Å². The van der Waals surface area contributed by atoms with E-state index in [-0.39, 0.29) is 5.57 Å². The molecule has 0 heterocycles. The Bertz CT molecular complexity index is 716. The van der Waals surface area contributed by atoms with E-state index in [0.29, 0.717) is 12.3 Å². The first-order chi connectivity index (χ1) is 11.2. The van der Waals surface area contributed by atoms with Gasteiger partial charge in [-0.2, -0.15) is 5.26 Å². The SMILES string of the molecule is CCOc1ccc(NC=C(C#N)C(=O)Nc2ccccc2)cc1. The molecule has 2 aromatic rings. The van der Waals surface area contributed by atoms with Crippen LogP contribution in [0.1, 0.15) is 6.92 Å². The fraction of sp³-hybridized carbons (Fsp3) is 0.111. The summed E-state index contributed by atoms with van der Waals surface area (Å²) in [6, 6.07) is 18.1. The number of rotatable bonds is 6. The van der Waals surface area contributed by atoms with Crippen LogP contribution in [0.4, 0.5) is 11.4 Å². The third kappa shape index (κ3) is 4.90. The van der Waals surface area contributed by atoms with Gasteiger partial charge >= 0.3 is 0 Å². The molecule has 2 rings (SSSR count). The molecule has 2 N–H and O–H groups in total. The number of carbonyl (C=O) groups excluding carboxylic acids is 1. The zero-order valence-electron chi connectivity index (χ0n) is 12.7. The summed E-state index contributed by atoms with van der Waals surface area (Å²) in [5, 5.41) is 14.7. The average Bonchev–Trinajstić information content (AvgIpc) is 2.58. The summed E-state index contributed by atoms with van der Waals surface area (Å²) >= 11 is 0. The van der Waals surface area contributed by atoms with Crippen molar-refractivity contribution in [3.8, 4) is 11.8 Å². The second-order valence-corrected chi connectivity index (χ2v) is 4.59. The lowest BCUT2D eigenvalue weighted by molar-refractivity contribution is -0.112. The molecule has 0 saturated heterocycles. The largest absolute Gasteiger partial charge is 0.494 e. The van der Waals surface area contributed by atoms with Gasteiger partial charge in [-0.1, -0.05) is 18.2 Å². The van der Waals surface area contributed by atoms with E-state index in [1.54, 1.807) is 12.1 Å². The van der Waals surface area contributed by atoms with Crippen molar-refractivity contribution in [3.63, 3.8) is 0 Å². The van der Waals surface area contributed by atoms with Gasteiger partial charge in [0.15, 0.2) is 0 Å². The molecule has 5 nitrogen and oxygen atoms in total. The summed E-state index contributed by atoms with van der Waals surface area (Å²) in [6.45, 7) is 2.52. The van der Waals surface area contributed by atoms with Crippen molar-refractivity contribution in [3.05, 3.63) is 66.4 Å². The second-order valence-electron chi connectivity index (χ2n) is 4.59. The van der Waals surface area contributed by atoms with E-state index in [1.165, 1.54) is 6.20 Å². The second kappa shape index (κ2) is 8.25. The van der Waals surface area contributed by atoms with Crippen LogP contribution < -0.4 is 15.4 Å². The maximum Gasteiger partial charge on any atom is 0.267 e. The van der Waals surface area contributed by atoms with Crippen LogP contribution in [0, 0.1) is 11.3 Å². The van der Waals surface area contributed by atoms with Crippen molar-refractivity contribution in [2.24, 2.45) is 0 Å². The van der Waals surface area contributed by atoms with Crippen LogP contribution in [0.15, 0.2) is 66.4 Å². The predicted molar refractivity (Wildman–Crippen MR) is 90.0 cm³/mol. The van der Waals surface area contributed by atoms with E-state index in [2.05, 4.69) is 10.6 Å². The van der Waals surface area contributed by atoms with Gasteiger partial charge in [-0.25, -0.2) is 0 Å². The highest BCUT2D eigenvalue weighted by Gasteiger charge is 2.08. The lowest BCUT2D eigenvalue weighted by Gasteiger charge is -2.06. The summed E-state index contributed by atoms with van der Waals surface area (Å²) in [6.07, 6.45) is 1.38. The number of anilines is 2. The molecule has 0 saturated carbocycles. The Balaban J connectivity index is 2.01. The Labute approximate surface area is 135 Å². The number of nitrogens with one attached hydrogen (secondary N) is 2. The van der Waals surface area contributed by atoms with Crippen LogP contribution in [-0.4, -0.2) is 12.5 Å². The number of nitrogens with zero attached hydrogens (tertiary/aromatic N) is 1. The van der Waals surface area contributed by atoms with E-state index < -0.39 is 5.91 Å². The molecule has 0 bridgehead atoms. The molecule has 5 heteroatoms. The molecule has 0 aliphatic rings. The quantitative estimate of drug-likeness (QED) is 0.632. The molecule has 0 fully saturated rings. The van der Waals surface area contributed by atoms with Crippen LogP contribution >= 0.6 is 0 Å². The van der Waals surface area contributed by atoms with Gasteiger partial charge in [-0.05, 0) is 43.3 Å². The molecule has 0 aromatic heterocycles. The number of nitriles is 1. The third-order valence-electron chi connectivity index (χ3n) is 2.95. The molecule has 1 amide bonds. The fourth-order valence-corrected chi connectivity index (χ4v) is 1.84. The van der Waals surface area contributed by atoms with Gasteiger partial charge in [0.25, 0.3) is 5.91 Å². The first kappa shape index (κ1) is 16.1. The maximum absolute atomic E-state index is 12.0. The maximum atomic E-state index is 12.0. The molecular weight excluding hydrogens is 290 g/mol. The molecule has 2 aromatic carbocycles. The van der Waals surface area contributed by atoms with Crippen LogP contribution in [0.5, 0.6) is 5.75 Å². The summed E-state index contributed by atoms with van der Waals surface area (Å²) in [4.78, 5) is 12.0. The van der Waals surface area contributed by atoms with Crippen molar-refractivity contribution in [1.29, 1.82) is 5.26 Å². The monoisotopic (exact) mass is 307 g/mol. The smallest absolute Gasteiger partial charge is 0.267 e. The van der Waals surface area contributed by atoms with Crippen LogP contribution in [-0.2, 0) is 4.79 Å². The molecule has 23 heavy (non-hydrogen) atoms. The zero-order valence-corrected chi connectivity index (χ0v) is 12.7. The topological polar surface area (TPSA) is 74.1 Å². The highest BCUT2D eigenvalue weighted by molar-refractivity contribution is 6.06. The van der Waals surface area contributed by atoms with Crippen molar-refractivity contribution >= 4 is 17.3 Å². The Kier molecular flexibility index (Phi) is 5.78. The van der Waals surface area contributed by atoms with Crippen LogP contribution in [0.25, 0.3) is 0 Å². The van der Waals surface area contributed by atoms with E-state index in [9.17, 15) is 4.79 Å². The predicted octanol–water partition coefficient (Wildman–Crippen LogP) is 3.54. The van der Waals surface area contributed by atoms with Gasteiger partial charge < -0.3 is 15.4 Å². The molecule has 0 spiro atoms. The van der Waals surface area contributed by atoms with Gasteiger partial charge in [0.1, 0.15) is 17.4 Å². The number of amides is 1. The summed E-state index contributed by atoms with van der Waals surface area (Å²) in [5.74, 6) is 0.307. The molecule has 0 unspecified atom stereocenters. The summed E-state index contributed by atoms with van der Waals surface area (Å²) in [7, 11) is 0. The van der Waals surface area contributed by atoms with E-state index in [0.717, 1.165) is 11.4 Å². The molecule has 0 aliphatic carbocycles. The zero-order chi connectivity index (χ0) is 16.5. The number of hydrogen-bond acceptors (Lipinski definition) is 4. The molecule has 0 aliphatic heterocycles. The Morgan fingerprint density at radius 2 is 1.83 bits per heavy atom. The lowest BCUT2D eigenvalue weighted by atomic mass is 10.2. The Morgan fingerprint density at radius 3 is 2.43 bits per heavy atom. The van der Waals surface area contributed by atoms with Gasteiger partial charge in [-0.3, -0.25) is 4.79 Å². The van der Waals surface area contributed by atoms with E-state index in [1.807, 2.05) is 55.5 Å². The standard InChI is InChI=1S/C18H17N3O2/c1-2-23-17-10-8-15(9-11-17)20-13-14(12-19)18(22)21-16-6-4-3-5-7-16/h3-11,13,20H,2H2,1H3,(H,21,22).